The molecule has 2 heterocycles. The number of benzene rings is 1. The lowest BCUT2D eigenvalue weighted by molar-refractivity contribution is -0.385. The fraction of sp³-hybridized carbons (Fsp3) is 0.143. The zero-order valence-electron chi connectivity index (χ0n) is 12.2. The smallest absolute Gasteiger partial charge is 0.272 e. The number of nitrogens with zero attached hydrogens (tertiary/aromatic N) is 4. The van der Waals surface area contributed by atoms with Crippen molar-refractivity contribution in [2.45, 2.75) is 17.0 Å². The molecule has 0 N–H and O–H groups in total. The molecule has 7 nitrogen and oxygen atoms in total. The Balaban J connectivity index is 1.91. The molecule has 0 atom stereocenters. The van der Waals surface area contributed by atoms with Gasteiger partial charge in [0.1, 0.15) is 11.6 Å². The van der Waals surface area contributed by atoms with Gasteiger partial charge in [-0.3, -0.25) is 10.1 Å². The predicted octanol–water partition coefficient (Wildman–Crippen LogP) is 3.58. The molecule has 3 rings (SSSR count). The van der Waals surface area contributed by atoms with Crippen LogP contribution in [0.15, 0.2) is 45.0 Å². The van der Waals surface area contributed by atoms with Gasteiger partial charge in [0.15, 0.2) is 11.0 Å². The van der Waals surface area contributed by atoms with Crippen LogP contribution in [0.5, 0.6) is 0 Å². The predicted molar refractivity (Wildman–Crippen MR) is 80.6 cm³/mol. The fourth-order valence-corrected chi connectivity index (χ4v) is 2.83. The van der Waals surface area contributed by atoms with E-state index >= 15 is 0 Å². The Morgan fingerprint density at radius 3 is 2.74 bits per heavy atom. The SMILES string of the molecule is Cc1occc1-c1nnc(Sc2ccc([N+](=O)[O-])cc2F)n1C. The van der Waals surface area contributed by atoms with E-state index in [4.69, 9.17) is 4.42 Å². The van der Waals surface area contributed by atoms with Crippen molar-refractivity contribution in [1.82, 2.24) is 14.8 Å². The monoisotopic (exact) mass is 334 g/mol. The van der Waals surface area contributed by atoms with E-state index in [1.54, 1.807) is 23.9 Å². The first kappa shape index (κ1) is 15.2. The average molecular weight is 334 g/mol. The number of halogens is 1. The summed E-state index contributed by atoms with van der Waals surface area (Å²) in [4.78, 5) is 10.2. The molecular formula is C14H11FN4O3S. The van der Waals surface area contributed by atoms with Gasteiger partial charge in [0.05, 0.1) is 27.7 Å². The van der Waals surface area contributed by atoms with Gasteiger partial charge < -0.3 is 8.98 Å². The van der Waals surface area contributed by atoms with Gasteiger partial charge in [-0.25, -0.2) is 4.39 Å². The highest BCUT2D eigenvalue weighted by Gasteiger charge is 2.18. The van der Waals surface area contributed by atoms with Crippen molar-refractivity contribution in [2.24, 2.45) is 7.05 Å². The molecule has 0 spiro atoms. The highest BCUT2D eigenvalue weighted by Crippen LogP contribution is 2.32. The molecule has 0 fully saturated rings. The molecule has 0 amide bonds. The van der Waals surface area contributed by atoms with Crippen molar-refractivity contribution in [3.63, 3.8) is 0 Å². The van der Waals surface area contributed by atoms with Crippen LogP contribution in [0.25, 0.3) is 11.4 Å². The first-order chi connectivity index (χ1) is 11.0. The fourth-order valence-electron chi connectivity index (χ4n) is 2.04. The first-order valence-electron chi connectivity index (χ1n) is 6.53. The van der Waals surface area contributed by atoms with Crippen molar-refractivity contribution < 1.29 is 13.7 Å². The van der Waals surface area contributed by atoms with E-state index in [9.17, 15) is 14.5 Å². The van der Waals surface area contributed by atoms with Gasteiger partial charge in [0, 0.05) is 13.1 Å². The zero-order chi connectivity index (χ0) is 16.6. The highest BCUT2D eigenvalue weighted by molar-refractivity contribution is 7.99. The van der Waals surface area contributed by atoms with Gasteiger partial charge in [0.2, 0.25) is 0 Å². The summed E-state index contributed by atoms with van der Waals surface area (Å²) in [6, 6.07) is 5.28. The minimum absolute atomic E-state index is 0.238. The molecule has 0 aliphatic heterocycles. The maximum absolute atomic E-state index is 14.0. The van der Waals surface area contributed by atoms with Crippen LogP contribution in [0, 0.1) is 22.9 Å². The number of hydrogen-bond acceptors (Lipinski definition) is 6. The van der Waals surface area contributed by atoms with Crippen molar-refractivity contribution >= 4 is 17.4 Å². The van der Waals surface area contributed by atoms with Gasteiger partial charge >= 0.3 is 0 Å². The van der Waals surface area contributed by atoms with E-state index in [2.05, 4.69) is 10.2 Å². The largest absolute Gasteiger partial charge is 0.469 e. The Morgan fingerprint density at radius 2 is 2.13 bits per heavy atom. The molecule has 118 valence electrons. The molecule has 0 unspecified atom stereocenters. The molecule has 3 aromatic rings. The van der Waals surface area contributed by atoms with Crippen LogP contribution >= 0.6 is 11.8 Å². The Labute approximate surface area is 134 Å². The summed E-state index contributed by atoms with van der Waals surface area (Å²) in [7, 11) is 1.76. The van der Waals surface area contributed by atoms with Crippen LogP contribution in [0.4, 0.5) is 10.1 Å². The Kier molecular flexibility index (Phi) is 3.87. The Hall–Kier alpha value is -2.68. The normalized spacial score (nSPS) is 10.9. The van der Waals surface area contributed by atoms with Crippen LogP contribution in [0.3, 0.4) is 0 Å². The van der Waals surface area contributed by atoms with Gasteiger partial charge in [-0.05, 0) is 30.8 Å². The minimum atomic E-state index is -0.673. The molecular weight excluding hydrogens is 323 g/mol. The molecule has 0 radical (unpaired) electrons. The number of aryl methyl sites for hydroxylation is 1. The third-order valence-electron chi connectivity index (χ3n) is 3.26. The second kappa shape index (κ2) is 5.84. The van der Waals surface area contributed by atoms with Crippen molar-refractivity contribution in [3.8, 4) is 11.4 Å². The van der Waals surface area contributed by atoms with Crippen LogP contribution in [0.1, 0.15) is 5.76 Å². The average Bonchev–Trinajstić information content (AvgIpc) is 3.07. The van der Waals surface area contributed by atoms with E-state index in [1.807, 2.05) is 6.92 Å². The van der Waals surface area contributed by atoms with Crippen LogP contribution in [0.2, 0.25) is 0 Å². The van der Waals surface area contributed by atoms with Crippen LogP contribution in [-0.4, -0.2) is 19.7 Å². The van der Waals surface area contributed by atoms with E-state index in [1.165, 1.54) is 12.1 Å². The summed E-state index contributed by atoms with van der Waals surface area (Å²) in [6.07, 6.45) is 1.56. The van der Waals surface area contributed by atoms with E-state index in [0.717, 1.165) is 23.4 Å². The second-order valence-electron chi connectivity index (χ2n) is 4.73. The number of rotatable bonds is 4. The van der Waals surface area contributed by atoms with E-state index in [-0.39, 0.29) is 10.6 Å². The lowest BCUT2D eigenvalue weighted by atomic mass is 10.2. The van der Waals surface area contributed by atoms with Gasteiger partial charge in [-0.15, -0.1) is 10.2 Å². The summed E-state index contributed by atoms with van der Waals surface area (Å²) in [5.41, 5.74) is 0.510. The topological polar surface area (TPSA) is 87.0 Å². The molecule has 0 aliphatic carbocycles. The molecule has 9 heteroatoms. The van der Waals surface area contributed by atoms with Gasteiger partial charge in [-0.2, -0.15) is 0 Å². The van der Waals surface area contributed by atoms with Gasteiger partial charge in [0.25, 0.3) is 5.69 Å². The Morgan fingerprint density at radius 1 is 1.35 bits per heavy atom. The number of hydrogen-bond donors (Lipinski definition) is 0. The first-order valence-corrected chi connectivity index (χ1v) is 7.34. The van der Waals surface area contributed by atoms with Crippen molar-refractivity contribution in [2.75, 3.05) is 0 Å². The number of non-ortho nitro benzene ring substituents is 1. The third kappa shape index (κ3) is 2.82. The maximum atomic E-state index is 14.0. The summed E-state index contributed by atoms with van der Waals surface area (Å²) in [5, 5.41) is 19.2. The summed E-state index contributed by atoms with van der Waals surface area (Å²) in [5.74, 6) is 0.632. The van der Waals surface area contributed by atoms with E-state index < -0.39 is 10.7 Å². The summed E-state index contributed by atoms with van der Waals surface area (Å²) < 4.78 is 20.9. The number of furan rings is 1. The zero-order valence-corrected chi connectivity index (χ0v) is 13.0. The van der Waals surface area contributed by atoms with Gasteiger partial charge in [-0.1, -0.05) is 0 Å². The molecule has 0 bridgehead atoms. The number of aromatic nitrogens is 3. The number of nitro groups is 1. The third-order valence-corrected chi connectivity index (χ3v) is 4.35. The van der Waals surface area contributed by atoms with Crippen molar-refractivity contribution in [3.05, 3.63) is 52.2 Å². The van der Waals surface area contributed by atoms with E-state index in [0.29, 0.717) is 16.7 Å². The molecule has 0 aliphatic rings. The quantitative estimate of drug-likeness (QED) is 0.535. The number of nitro benzene ring substituents is 1. The molecule has 0 saturated carbocycles. The van der Waals surface area contributed by atoms with Crippen LogP contribution < -0.4 is 0 Å². The lowest BCUT2D eigenvalue weighted by Crippen LogP contribution is -1.95. The summed E-state index contributed by atoms with van der Waals surface area (Å²) >= 11 is 1.05. The van der Waals surface area contributed by atoms with Crippen molar-refractivity contribution in [1.29, 1.82) is 0 Å². The Bertz CT molecular complexity index is 890. The minimum Gasteiger partial charge on any atom is -0.469 e. The molecule has 2 aromatic heterocycles. The highest BCUT2D eigenvalue weighted by atomic mass is 32.2. The van der Waals surface area contributed by atoms with Crippen LogP contribution in [-0.2, 0) is 7.05 Å². The molecule has 23 heavy (non-hydrogen) atoms. The molecule has 1 aromatic carbocycles. The standard InChI is InChI=1S/C14H11FN4O3S/c1-8-10(5-6-22-8)13-16-17-14(18(13)2)23-12-4-3-9(19(20)21)7-11(12)15/h3-7H,1-2H3. The molecule has 0 saturated heterocycles. The summed E-state index contributed by atoms with van der Waals surface area (Å²) in [6.45, 7) is 1.81. The second-order valence-corrected chi connectivity index (χ2v) is 5.74. The maximum Gasteiger partial charge on any atom is 0.272 e. The lowest BCUT2D eigenvalue weighted by Gasteiger charge is -2.04.